The summed E-state index contributed by atoms with van der Waals surface area (Å²) in [7, 11) is 1.78. The Morgan fingerprint density at radius 3 is 2.69 bits per heavy atom. The van der Waals surface area contributed by atoms with Crippen molar-refractivity contribution < 1.29 is 9.18 Å². The molecule has 1 aliphatic carbocycles. The maximum atomic E-state index is 12.9. The van der Waals surface area contributed by atoms with Gasteiger partial charge in [-0.2, -0.15) is 0 Å². The smallest absolute Gasteiger partial charge is 0.253 e. The van der Waals surface area contributed by atoms with E-state index in [2.05, 4.69) is 0 Å². The maximum Gasteiger partial charge on any atom is 0.253 e. The molecule has 0 saturated heterocycles. The van der Waals surface area contributed by atoms with E-state index in [-0.39, 0.29) is 11.6 Å². The summed E-state index contributed by atoms with van der Waals surface area (Å²) in [5.41, 5.74) is 5.91. The van der Waals surface area contributed by atoms with Crippen molar-refractivity contribution >= 4 is 11.6 Å². The lowest BCUT2D eigenvalue weighted by Crippen LogP contribution is -2.41. The zero-order valence-corrected chi connectivity index (χ0v) is 9.24. The van der Waals surface area contributed by atoms with Gasteiger partial charge in [-0.05, 0) is 37.5 Å². The van der Waals surface area contributed by atoms with Crippen LogP contribution in [0.15, 0.2) is 18.2 Å². The van der Waals surface area contributed by atoms with Gasteiger partial charge < -0.3 is 10.6 Å². The molecule has 1 amide bonds. The lowest BCUT2D eigenvalue weighted by atomic mass is 9.91. The second-order valence-electron chi connectivity index (χ2n) is 4.24. The predicted molar refractivity (Wildman–Crippen MR) is 60.5 cm³/mol. The highest BCUT2D eigenvalue weighted by atomic mass is 19.1. The van der Waals surface area contributed by atoms with Gasteiger partial charge in [0.2, 0.25) is 0 Å². The number of nitrogens with zero attached hydrogens (tertiary/aromatic N) is 1. The van der Waals surface area contributed by atoms with E-state index in [0.717, 1.165) is 12.8 Å². The molecule has 1 aromatic rings. The first-order valence-electron chi connectivity index (χ1n) is 5.42. The van der Waals surface area contributed by atoms with Gasteiger partial charge >= 0.3 is 0 Å². The number of nitrogen functional groups attached to an aromatic ring is 1. The maximum absolute atomic E-state index is 12.9. The molecular formula is C12H15FN2O. The van der Waals surface area contributed by atoms with Crippen molar-refractivity contribution in [2.75, 3.05) is 12.8 Å². The first-order valence-corrected chi connectivity index (χ1v) is 5.42. The minimum absolute atomic E-state index is 0.0212. The summed E-state index contributed by atoms with van der Waals surface area (Å²) >= 11 is 0. The fourth-order valence-electron chi connectivity index (χ4n) is 1.82. The van der Waals surface area contributed by atoms with E-state index in [1.165, 1.54) is 24.6 Å². The molecule has 16 heavy (non-hydrogen) atoms. The van der Waals surface area contributed by atoms with E-state index in [9.17, 15) is 9.18 Å². The van der Waals surface area contributed by atoms with Crippen LogP contribution in [0.5, 0.6) is 0 Å². The van der Waals surface area contributed by atoms with E-state index in [0.29, 0.717) is 11.6 Å². The normalized spacial score (nSPS) is 15.6. The summed E-state index contributed by atoms with van der Waals surface area (Å²) < 4.78 is 12.9. The zero-order chi connectivity index (χ0) is 11.7. The number of hydrogen-bond acceptors (Lipinski definition) is 2. The molecule has 1 saturated carbocycles. The Bertz CT molecular complexity index is 415. The van der Waals surface area contributed by atoms with Crippen LogP contribution in [0.1, 0.15) is 29.6 Å². The van der Waals surface area contributed by atoms with Crippen LogP contribution in [0.2, 0.25) is 0 Å². The van der Waals surface area contributed by atoms with Crippen molar-refractivity contribution in [3.63, 3.8) is 0 Å². The molecule has 0 aromatic heterocycles. The number of nitrogens with two attached hydrogens (primary N) is 1. The summed E-state index contributed by atoms with van der Waals surface area (Å²) in [6.07, 6.45) is 3.28. The van der Waals surface area contributed by atoms with Gasteiger partial charge in [-0.15, -0.1) is 0 Å². The van der Waals surface area contributed by atoms with Crippen LogP contribution in [-0.4, -0.2) is 23.9 Å². The van der Waals surface area contributed by atoms with Crippen molar-refractivity contribution in [1.29, 1.82) is 0 Å². The Balaban J connectivity index is 2.16. The highest BCUT2D eigenvalue weighted by molar-refractivity contribution is 5.95. The SMILES string of the molecule is CN(C(=O)c1ccc(F)c(N)c1)C1CCC1. The van der Waals surface area contributed by atoms with Crippen LogP contribution in [0.3, 0.4) is 0 Å². The molecule has 0 aliphatic heterocycles. The second-order valence-corrected chi connectivity index (χ2v) is 4.24. The summed E-state index contributed by atoms with van der Waals surface area (Å²) in [5.74, 6) is -0.570. The summed E-state index contributed by atoms with van der Waals surface area (Å²) in [5, 5.41) is 0. The molecule has 0 spiro atoms. The third kappa shape index (κ3) is 1.87. The number of amides is 1. The van der Waals surface area contributed by atoms with Crippen LogP contribution in [0, 0.1) is 5.82 Å². The number of halogens is 1. The third-order valence-electron chi connectivity index (χ3n) is 3.19. The molecule has 0 heterocycles. The fraction of sp³-hybridized carbons (Fsp3) is 0.417. The molecule has 0 bridgehead atoms. The molecule has 2 N–H and O–H groups in total. The monoisotopic (exact) mass is 222 g/mol. The van der Waals surface area contributed by atoms with Crippen LogP contribution in [0.4, 0.5) is 10.1 Å². The Morgan fingerprint density at radius 2 is 2.19 bits per heavy atom. The van der Waals surface area contributed by atoms with Gasteiger partial charge in [0.05, 0.1) is 5.69 Å². The van der Waals surface area contributed by atoms with Crippen molar-refractivity contribution in [2.24, 2.45) is 0 Å². The standard InChI is InChI=1S/C12H15FN2O/c1-15(9-3-2-4-9)12(16)8-5-6-10(13)11(14)7-8/h5-7,9H,2-4,14H2,1H3. The van der Waals surface area contributed by atoms with E-state index >= 15 is 0 Å². The van der Waals surface area contributed by atoms with E-state index in [1.807, 2.05) is 0 Å². The number of carbonyl (C=O) groups is 1. The van der Waals surface area contributed by atoms with Crippen molar-refractivity contribution in [1.82, 2.24) is 4.90 Å². The van der Waals surface area contributed by atoms with Gasteiger partial charge in [0, 0.05) is 18.7 Å². The van der Waals surface area contributed by atoms with Gasteiger partial charge in [0.15, 0.2) is 0 Å². The van der Waals surface area contributed by atoms with Gasteiger partial charge in [-0.1, -0.05) is 0 Å². The molecule has 0 atom stereocenters. The van der Waals surface area contributed by atoms with Gasteiger partial charge in [0.25, 0.3) is 5.91 Å². The zero-order valence-electron chi connectivity index (χ0n) is 9.24. The van der Waals surface area contributed by atoms with E-state index in [1.54, 1.807) is 11.9 Å². The molecule has 2 rings (SSSR count). The lowest BCUT2D eigenvalue weighted by molar-refractivity contribution is 0.0652. The summed E-state index contributed by atoms with van der Waals surface area (Å²) in [6, 6.07) is 4.44. The Labute approximate surface area is 94.0 Å². The number of anilines is 1. The lowest BCUT2D eigenvalue weighted by Gasteiger charge is -2.34. The molecule has 1 aromatic carbocycles. The van der Waals surface area contributed by atoms with Gasteiger partial charge in [-0.3, -0.25) is 4.79 Å². The topological polar surface area (TPSA) is 46.3 Å². The van der Waals surface area contributed by atoms with Crippen molar-refractivity contribution in [3.8, 4) is 0 Å². The first kappa shape index (κ1) is 10.9. The van der Waals surface area contributed by atoms with Crippen molar-refractivity contribution in [3.05, 3.63) is 29.6 Å². The quantitative estimate of drug-likeness (QED) is 0.778. The molecule has 0 radical (unpaired) electrons. The Kier molecular flexibility index (Phi) is 2.81. The molecule has 0 unspecified atom stereocenters. The first-order chi connectivity index (χ1) is 7.59. The molecule has 4 heteroatoms. The number of carbonyl (C=O) groups excluding carboxylic acids is 1. The van der Waals surface area contributed by atoms with Crippen molar-refractivity contribution in [2.45, 2.75) is 25.3 Å². The second kappa shape index (κ2) is 4.12. The van der Waals surface area contributed by atoms with Crippen LogP contribution in [0.25, 0.3) is 0 Å². The van der Waals surface area contributed by atoms with Crippen LogP contribution in [-0.2, 0) is 0 Å². The Hall–Kier alpha value is -1.58. The molecular weight excluding hydrogens is 207 g/mol. The van der Waals surface area contributed by atoms with Crippen LogP contribution < -0.4 is 5.73 Å². The molecule has 1 fully saturated rings. The summed E-state index contributed by atoms with van der Waals surface area (Å²) in [6.45, 7) is 0. The predicted octanol–water partition coefficient (Wildman–Crippen LogP) is 2.03. The average molecular weight is 222 g/mol. The van der Waals surface area contributed by atoms with E-state index < -0.39 is 5.82 Å². The minimum atomic E-state index is -0.483. The average Bonchev–Trinajstić information content (AvgIpc) is 2.18. The minimum Gasteiger partial charge on any atom is -0.396 e. The van der Waals surface area contributed by atoms with E-state index in [4.69, 9.17) is 5.73 Å². The number of rotatable bonds is 2. The molecule has 3 nitrogen and oxygen atoms in total. The molecule has 1 aliphatic rings. The highest BCUT2D eigenvalue weighted by Gasteiger charge is 2.26. The van der Waals surface area contributed by atoms with Gasteiger partial charge in [-0.25, -0.2) is 4.39 Å². The van der Waals surface area contributed by atoms with Gasteiger partial charge in [0.1, 0.15) is 5.82 Å². The highest BCUT2D eigenvalue weighted by Crippen LogP contribution is 2.25. The Morgan fingerprint density at radius 1 is 1.50 bits per heavy atom. The van der Waals surface area contributed by atoms with Crippen LogP contribution >= 0.6 is 0 Å². The fourth-order valence-corrected chi connectivity index (χ4v) is 1.82. The number of hydrogen-bond donors (Lipinski definition) is 1. The number of benzene rings is 1. The molecule has 86 valence electrons. The third-order valence-corrected chi connectivity index (χ3v) is 3.19. The largest absolute Gasteiger partial charge is 0.396 e. The summed E-state index contributed by atoms with van der Waals surface area (Å²) in [4.78, 5) is 13.7.